The first-order valence-corrected chi connectivity index (χ1v) is 5.87. The number of nitrogens with zero attached hydrogens (tertiary/aromatic N) is 2. The van der Waals surface area contributed by atoms with Crippen molar-refractivity contribution < 1.29 is 4.79 Å². The molecule has 16 heavy (non-hydrogen) atoms. The Morgan fingerprint density at radius 2 is 2.06 bits per heavy atom. The minimum absolute atomic E-state index is 0.00528. The highest BCUT2D eigenvalue weighted by molar-refractivity contribution is 6.32. The number of halogens is 1. The topological polar surface area (TPSA) is 33.2 Å². The molecule has 2 rings (SSSR count). The van der Waals surface area contributed by atoms with Crippen molar-refractivity contribution in [3.05, 3.63) is 29.0 Å². The maximum atomic E-state index is 12.2. The molecule has 1 aliphatic rings. The maximum absolute atomic E-state index is 12.2. The Hall–Kier alpha value is -1.09. The number of amides is 1. The van der Waals surface area contributed by atoms with Gasteiger partial charge in [-0.15, -0.1) is 0 Å². The summed E-state index contributed by atoms with van der Waals surface area (Å²) in [5.74, 6) is 1.10. The van der Waals surface area contributed by atoms with Gasteiger partial charge in [0.2, 0.25) is 0 Å². The zero-order valence-electron chi connectivity index (χ0n) is 9.48. The molecule has 2 heterocycles. The summed E-state index contributed by atoms with van der Waals surface area (Å²) in [6, 6.07) is 3.47. The van der Waals surface area contributed by atoms with E-state index in [2.05, 4.69) is 18.8 Å². The van der Waals surface area contributed by atoms with Gasteiger partial charge in [-0.2, -0.15) is 0 Å². The van der Waals surface area contributed by atoms with Crippen LogP contribution in [0.5, 0.6) is 0 Å². The van der Waals surface area contributed by atoms with E-state index in [9.17, 15) is 4.79 Å². The number of rotatable bonds is 1. The highest BCUT2D eigenvalue weighted by Crippen LogP contribution is 2.25. The molecule has 0 radical (unpaired) electrons. The normalized spacial score (nSPS) is 24.8. The Labute approximate surface area is 100 Å². The van der Waals surface area contributed by atoms with Crippen LogP contribution in [0.15, 0.2) is 18.3 Å². The second kappa shape index (κ2) is 4.42. The smallest absolute Gasteiger partial charge is 0.257 e. The highest BCUT2D eigenvalue weighted by atomic mass is 35.5. The van der Waals surface area contributed by atoms with Crippen molar-refractivity contribution in [2.24, 2.45) is 11.8 Å². The summed E-state index contributed by atoms with van der Waals surface area (Å²) >= 11 is 5.91. The molecular weight excluding hydrogens is 224 g/mol. The summed E-state index contributed by atoms with van der Waals surface area (Å²) in [5.41, 5.74) is 0.505. The number of hydrogen-bond acceptors (Lipinski definition) is 2. The molecule has 0 spiro atoms. The molecule has 2 atom stereocenters. The van der Waals surface area contributed by atoms with Crippen molar-refractivity contribution in [2.45, 2.75) is 13.8 Å². The van der Waals surface area contributed by atoms with Crippen LogP contribution in [0, 0.1) is 11.8 Å². The van der Waals surface area contributed by atoms with Crippen molar-refractivity contribution in [2.75, 3.05) is 13.1 Å². The maximum Gasteiger partial charge on any atom is 0.257 e. The number of carbonyl (C=O) groups is 1. The van der Waals surface area contributed by atoms with Crippen LogP contribution in [0.4, 0.5) is 0 Å². The zero-order valence-corrected chi connectivity index (χ0v) is 10.2. The summed E-state index contributed by atoms with van der Waals surface area (Å²) in [5, 5.41) is 0.291. The lowest BCUT2D eigenvalue weighted by atomic mass is 10.0. The molecule has 0 aliphatic carbocycles. The fraction of sp³-hybridized carbons (Fsp3) is 0.500. The fourth-order valence-electron chi connectivity index (χ4n) is 2.01. The zero-order chi connectivity index (χ0) is 11.7. The third-order valence-electron chi connectivity index (χ3n) is 3.26. The van der Waals surface area contributed by atoms with Gasteiger partial charge in [-0.1, -0.05) is 25.4 Å². The Morgan fingerprint density at radius 1 is 1.44 bits per heavy atom. The van der Waals surface area contributed by atoms with Crippen LogP contribution in [0.1, 0.15) is 24.2 Å². The van der Waals surface area contributed by atoms with E-state index in [-0.39, 0.29) is 5.91 Å². The SMILES string of the molecule is CC1CN(C(=O)c2cccnc2Cl)CC1C. The molecule has 0 bridgehead atoms. The van der Waals surface area contributed by atoms with Gasteiger partial charge in [0.25, 0.3) is 5.91 Å². The molecule has 0 N–H and O–H groups in total. The van der Waals surface area contributed by atoms with Crippen molar-refractivity contribution in [3.8, 4) is 0 Å². The van der Waals surface area contributed by atoms with Crippen molar-refractivity contribution >= 4 is 17.5 Å². The molecule has 1 aromatic rings. The van der Waals surface area contributed by atoms with E-state index in [1.807, 2.05) is 4.90 Å². The van der Waals surface area contributed by atoms with Gasteiger partial charge >= 0.3 is 0 Å². The van der Waals surface area contributed by atoms with Gasteiger partial charge in [0.1, 0.15) is 5.15 Å². The lowest BCUT2D eigenvalue weighted by Crippen LogP contribution is -2.29. The molecule has 2 unspecified atom stereocenters. The highest BCUT2D eigenvalue weighted by Gasteiger charge is 2.30. The third kappa shape index (κ3) is 2.05. The lowest BCUT2D eigenvalue weighted by molar-refractivity contribution is 0.0785. The second-order valence-electron chi connectivity index (χ2n) is 4.51. The minimum atomic E-state index is -0.00528. The number of carbonyl (C=O) groups excluding carboxylic acids is 1. The first kappa shape index (κ1) is 11.4. The molecular formula is C12H15ClN2O. The van der Waals surface area contributed by atoms with Crippen LogP contribution in [-0.2, 0) is 0 Å². The van der Waals surface area contributed by atoms with Crippen LogP contribution < -0.4 is 0 Å². The summed E-state index contributed by atoms with van der Waals surface area (Å²) in [7, 11) is 0. The summed E-state index contributed by atoms with van der Waals surface area (Å²) in [4.78, 5) is 17.9. The van der Waals surface area contributed by atoms with Gasteiger partial charge in [-0.25, -0.2) is 4.98 Å². The molecule has 1 aliphatic heterocycles. The van der Waals surface area contributed by atoms with Gasteiger partial charge in [-0.3, -0.25) is 4.79 Å². The predicted molar refractivity (Wildman–Crippen MR) is 63.5 cm³/mol. The largest absolute Gasteiger partial charge is 0.338 e. The first-order valence-electron chi connectivity index (χ1n) is 5.49. The van der Waals surface area contributed by atoms with Gasteiger partial charge in [0, 0.05) is 19.3 Å². The lowest BCUT2D eigenvalue weighted by Gasteiger charge is -2.16. The van der Waals surface area contributed by atoms with Crippen LogP contribution in [0.25, 0.3) is 0 Å². The molecule has 1 fully saturated rings. The Morgan fingerprint density at radius 3 is 2.62 bits per heavy atom. The van der Waals surface area contributed by atoms with E-state index < -0.39 is 0 Å². The second-order valence-corrected chi connectivity index (χ2v) is 4.86. The Bertz CT molecular complexity index is 398. The van der Waals surface area contributed by atoms with Crippen LogP contribution >= 0.6 is 11.6 Å². The molecule has 0 saturated carbocycles. The van der Waals surface area contributed by atoms with Gasteiger partial charge in [-0.05, 0) is 24.0 Å². The summed E-state index contributed by atoms with van der Waals surface area (Å²) in [6.07, 6.45) is 1.59. The van der Waals surface area contributed by atoms with E-state index in [0.717, 1.165) is 13.1 Å². The summed E-state index contributed by atoms with van der Waals surface area (Å²) in [6.45, 7) is 5.96. The molecule has 0 aromatic carbocycles. The van der Waals surface area contributed by atoms with E-state index >= 15 is 0 Å². The van der Waals surface area contributed by atoms with Crippen molar-refractivity contribution in [1.82, 2.24) is 9.88 Å². The van der Waals surface area contributed by atoms with Crippen molar-refractivity contribution in [1.29, 1.82) is 0 Å². The van der Waals surface area contributed by atoms with Gasteiger partial charge in [0.15, 0.2) is 0 Å². The standard InChI is InChI=1S/C12H15ClN2O/c1-8-6-15(7-9(8)2)12(16)10-4-3-5-14-11(10)13/h3-5,8-9H,6-7H2,1-2H3. The Kier molecular flexibility index (Phi) is 3.15. The van der Waals surface area contributed by atoms with Gasteiger partial charge in [0.05, 0.1) is 5.56 Å². The van der Waals surface area contributed by atoms with E-state index in [1.165, 1.54) is 0 Å². The number of pyridine rings is 1. The van der Waals surface area contributed by atoms with Crippen LogP contribution in [-0.4, -0.2) is 28.9 Å². The van der Waals surface area contributed by atoms with Crippen molar-refractivity contribution in [3.63, 3.8) is 0 Å². The molecule has 1 saturated heterocycles. The molecule has 4 heteroatoms. The van der Waals surface area contributed by atoms with Gasteiger partial charge < -0.3 is 4.90 Å². The summed E-state index contributed by atoms with van der Waals surface area (Å²) < 4.78 is 0. The van der Waals surface area contributed by atoms with Crippen LogP contribution in [0.3, 0.4) is 0 Å². The average Bonchev–Trinajstić information content (AvgIpc) is 2.59. The predicted octanol–water partition coefficient (Wildman–Crippen LogP) is 2.46. The van der Waals surface area contributed by atoms with E-state index in [4.69, 9.17) is 11.6 Å². The fourth-order valence-corrected chi connectivity index (χ4v) is 2.21. The Balaban J connectivity index is 2.18. The monoisotopic (exact) mass is 238 g/mol. The number of likely N-dealkylation sites (tertiary alicyclic amines) is 1. The molecule has 86 valence electrons. The number of aromatic nitrogens is 1. The molecule has 3 nitrogen and oxygen atoms in total. The van der Waals surface area contributed by atoms with E-state index in [1.54, 1.807) is 18.3 Å². The van der Waals surface area contributed by atoms with E-state index in [0.29, 0.717) is 22.6 Å². The first-order chi connectivity index (χ1) is 7.59. The minimum Gasteiger partial charge on any atom is -0.338 e. The molecule has 1 amide bonds. The molecule has 1 aromatic heterocycles. The quantitative estimate of drug-likeness (QED) is 0.705. The third-order valence-corrected chi connectivity index (χ3v) is 3.57. The number of hydrogen-bond donors (Lipinski definition) is 0. The average molecular weight is 239 g/mol. The van der Waals surface area contributed by atoms with Crippen LogP contribution in [0.2, 0.25) is 5.15 Å².